The van der Waals surface area contributed by atoms with E-state index in [1.54, 1.807) is 0 Å². The first-order valence-electron chi connectivity index (χ1n) is 13.8. The predicted molar refractivity (Wildman–Crippen MR) is 136 cm³/mol. The van der Waals surface area contributed by atoms with Crippen molar-refractivity contribution in [2.75, 3.05) is 0 Å². The lowest BCUT2D eigenvalue weighted by molar-refractivity contribution is -0.246. The molecule has 4 aliphatic carbocycles. The van der Waals surface area contributed by atoms with Crippen LogP contribution < -0.4 is 0 Å². The fourth-order valence-corrected chi connectivity index (χ4v) is 10.3. The van der Waals surface area contributed by atoms with Gasteiger partial charge in [0.1, 0.15) is 0 Å². The topological polar surface area (TPSA) is 60.7 Å². The quantitative estimate of drug-likeness (QED) is 0.420. The molecule has 0 aromatic heterocycles. The van der Waals surface area contributed by atoms with Crippen molar-refractivity contribution >= 4 is 0 Å². The second-order valence-electron chi connectivity index (χ2n) is 14.5. The molecule has 0 saturated heterocycles. The number of fused-ring (bicyclic) bond motifs is 5. The predicted octanol–water partition coefficient (Wildman–Crippen LogP) is 6.50. The zero-order chi connectivity index (χ0) is 24.6. The van der Waals surface area contributed by atoms with Gasteiger partial charge in [-0.05, 0) is 124 Å². The molecule has 4 saturated carbocycles. The Morgan fingerprint density at radius 1 is 0.909 bits per heavy atom. The first-order valence-corrected chi connectivity index (χ1v) is 13.8. The van der Waals surface area contributed by atoms with Gasteiger partial charge in [-0.2, -0.15) is 0 Å². The van der Waals surface area contributed by atoms with E-state index < -0.39 is 5.60 Å². The van der Waals surface area contributed by atoms with E-state index in [2.05, 4.69) is 54.5 Å². The number of aliphatic hydroxyl groups excluding tert-OH is 2. The first kappa shape index (κ1) is 25.7. The number of rotatable bonds is 4. The summed E-state index contributed by atoms with van der Waals surface area (Å²) < 4.78 is 0. The summed E-state index contributed by atoms with van der Waals surface area (Å²) >= 11 is 0. The maximum absolute atomic E-state index is 11.8. The van der Waals surface area contributed by atoms with Gasteiger partial charge in [0.2, 0.25) is 0 Å². The third-order valence-electron chi connectivity index (χ3n) is 12.4. The van der Waals surface area contributed by atoms with Crippen LogP contribution >= 0.6 is 0 Å². The Morgan fingerprint density at radius 3 is 2.18 bits per heavy atom. The maximum Gasteiger partial charge on any atom is 0.0654 e. The van der Waals surface area contributed by atoms with E-state index in [4.69, 9.17) is 0 Å². The molecule has 0 radical (unpaired) electrons. The van der Waals surface area contributed by atoms with Crippen molar-refractivity contribution < 1.29 is 15.3 Å². The molecule has 0 heterocycles. The third-order valence-corrected chi connectivity index (χ3v) is 12.4. The van der Waals surface area contributed by atoms with Crippen molar-refractivity contribution in [2.24, 2.45) is 45.3 Å². The Hall–Kier alpha value is -0.380. The highest BCUT2D eigenvalue weighted by Gasteiger charge is 2.71. The molecule has 33 heavy (non-hydrogen) atoms. The second kappa shape index (κ2) is 8.07. The van der Waals surface area contributed by atoms with Crippen LogP contribution in [0.3, 0.4) is 0 Å². The van der Waals surface area contributed by atoms with Crippen LogP contribution in [0.15, 0.2) is 11.6 Å². The molecule has 0 aromatic rings. The van der Waals surface area contributed by atoms with Crippen LogP contribution in [0.4, 0.5) is 0 Å². The molecule has 4 aliphatic rings. The van der Waals surface area contributed by atoms with Crippen LogP contribution in [-0.4, -0.2) is 33.1 Å². The van der Waals surface area contributed by atoms with Gasteiger partial charge in [-0.3, -0.25) is 0 Å². The molecule has 0 aromatic carbocycles. The van der Waals surface area contributed by atoms with E-state index in [1.165, 1.54) is 18.4 Å². The Morgan fingerprint density at radius 2 is 1.55 bits per heavy atom. The molecular weight excluding hydrogens is 408 g/mol. The Labute approximate surface area is 203 Å². The van der Waals surface area contributed by atoms with E-state index in [9.17, 15) is 15.3 Å². The van der Waals surface area contributed by atoms with Gasteiger partial charge in [0.15, 0.2) is 0 Å². The van der Waals surface area contributed by atoms with E-state index in [1.807, 2.05) is 6.92 Å². The highest BCUT2D eigenvalue weighted by atomic mass is 16.3. The van der Waals surface area contributed by atoms with Crippen molar-refractivity contribution in [1.82, 2.24) is 0 Å². The fourth-order valence-electron chi connectivity index (χ4n) is 10.3. The second-order valence-corrected chi connectivity index (χ2v) is 14.5. The zero-order valence-electron chi connectivity index (χ0n) is 22.7. The summed E-state index contributed by atoms with van der Waals surface area (Å²) in [6.07, 6.45) is 10.6. The standard InChI is InChI=1S/C30H52O3/c1-19(2)10-9-14-30(8,33)20-11-16-29(7)25(20)21(31)18-23-27(5)15-13-24(32)26(3,4)22(27)12-17-28(23,29)6/h10,20-25,31-33H,9,11-18H2,1-8H3/t20-,21-,22?,23+,24?,25+,27-,28+,29-,30-/m0/s1. The average Bonchev–Trinajstić information content (AvgIpc) is 3.08. The molecule has 10 atom stereocenters. The van der Waals surface area contributed by atoms with Crippen LogP contribution in [0.25, 0.3) is 0 Å². The Bertz CT molecular complexity index is 779. The van der Waals surface area contributed by atoms with Gasteiger partial charge in [-0.15, -0.1) is 0 Å². The lowest BCUT2D eigenvalue weighted by Gasteiger charge is -2.70. The molecule has 2 unspecified atom stereocenters. The van der Waals surface area contributed by atoms with Crippen LogP contribution in [-0.2, 0) is 0 Å². The number of allylic oxidation sites excluding steroid dienone is 2. The summed E-state index contributed by atoms with van der Waals surface area (Å²) in [4.78, 5) is 0. The van der Waals surface area contributed by atoms with Gasteiger partial charge >= 0.3 is 0 Å². The lowest BCUT2D eigenvalue weighted by Crippen LogP contribution is -2.66. The molecule has 4 rings (SSSR count). The normalized spacial score (nSPS) is 50.5. The minimum Gasteiger partial charge on any atom is -0.393 e. The highest BCUT2D eigenvalue weighted by Crippen LogP contribution is 2.75. The molecule has 3 nitrogen and oxygen atoms in total. The van der Waals surface area contributed by atoms with Crippen molar-refractivity contribution in [3.05, 3.63) is 11.6 Å². The molecule has 190 valence electrons. The number of hydrogen-bond donors (Lipinski definition) is 3. The van der Waals surface area contributed by atoms with Gasteiger partial charge < -0.3 is 15.3 Å². The smallest absolute Gasteiger partial charge is 0.0654 e. The summed E-state index contributed by atoms with van der Waals surface area (Å²) in [5.41, 5.74) is 0.885. The number of hydrogen-bond acceptors (Lipinski definition) is 3. The Balaban J connectivity index is 1.66. The first-order chi connectivity index (χ1) is 15.1. The van der Waals surface area contributed by atoms with Crippen LogP contribution in [0.1, 0.15) is 113 Å². The molecule has 0 bridgehead atoms. The molecule has 0 spiro atoms. The molecule has 0 amide bonds. The van der Waals surface area contributed by atoms with Gasteiger partial charge in [0, 0.05) is 0 Å². The van der Waals surface area contributed by atoms with Crippen molar-refractivity contribution in [1.29, 1.82) is 0 Å². The average molecular weight is 461 g/mol. The monoisotopic (exact) mass is 460 g/mol. The highest BCUT2D eigenvalue weighted by molar-refractivity contribution is 5.20. The van der Waals surface area contributed by atoms with Crippen molar-refractivity contribution in [3.8, 4) is 0 Å². The summed E-state index contributed by atoms with van der Waals surface area (Å²) in [6.45, 7) is 18.3. The molecule has 0 aliphatic heterocycles. The van der Waals surface area contributed by atoms with E-state index in [-0.39, 0.29) is 45.7 Å². The minimum atomic E-state index is -0.739. The number of aliphatic hydroxyl groups is 3. The lowest BCUT2D eigenvalue weighted by atomic mass is 9.35. The summed E-state index contributed by atoms with van der Waals surface area (Å²) in [5.74, 6) is 1.31. The maximum atomic E-state index is 11.8. The van der Waals surface area contributed by atoms with Gasteiger partial charge in [-0.1, -0.05) is 46.3 Å². The van der Waals surface area contributed by atoms with Crippen molar-refractivity contribution in [3.63, 3.8) is 0 Å². The third kappa shape index (κ3) is 3.61. The van der Waals surface area contributed by atoms with Gasteiger partial charge in [-0.25, -0.2) is 0 Å². The van der Waals surface area contributed by atoms with E-state index >= 15 is 0 Å². The molecule has 3 N–H and O–H groups in total. The van der Waals surface area contributed by atoms with Crippen LogP contribution in [0.2, 0.25) is 0 Å². The molecule has 4 fully saturated rings. The summed E-state index contributed by atoms with van der Waals surface area (Å²) in [7, 11) is 0. The van der Waals surface area contributed by atoms with Crippen LogP contribution in [0, 0.1) is 45.3 Å². The molecule has 3 heteroatoms. The zero-order valence-corrected chi connectivity index (χ0v) is 22.7. The van der Waals surface area contributed by atoms with Crippen LogP contribution in [0.5, 0.6) is 0 Å². The largest absolute Gasteiger partial charge is 0.393 e. The summed E-state index contributed by atoms with van der Waals surface area (Å²) in [5, 5.41) is 34.3. The van der Waals surface area contributed by atoms with E-state index in [0.717, 1.165) is 44.9 Å². The van der Waals surface area contributed by atoms with E-state index in [0.29, 0.717) is 11.8 Å². The fraction of sp³-hybridized carbons (Fsp3) is 0.933. The Kier molecular flexibility index (Phi) is 6.28. The summed E-state index contributed by atoms with van der Waals surface area (Å²) in [6, 6.07) is 0. The minimum absolute atomic E-state index is 0.0503. The molecular formula is C30H52O3. The van der Waals surface area contributed by atoms with Gasteiger partial charge in [0.25, 0.3) is 0 Å². The SMILES string of the molecule is CC(C)=CCC[C@](C)(O)[C@H]1CC[C@@]2(C)[C@H]1[C@@H](O)C[C@@H]1[C@@]3(C)CCC(O)C(C)(C)C3CC[C@]12C. The van der Waals surface area contributed by atoms with Gasteiger partial charge in [0.05, 0.1) is 17.8 Å². The van der Waals surface area contributed by atoms with Crippen molar-refractivity contribution in [2.45, 2.75) is 131 Å².